The van der Waals surface area contributed by atoms with Gasteiger partial charge in [-0.15, -0.1) is 0 Å². The summed E-state index contributed by atoms with van der Waals surface area (Å²) in [6.07, 6.45) is 0. The highest BCUT2D eigenvalue weighted by Gasteiger charge is 2.33. The van der Waals surface area contributed by atoms with Crippen molar-refractivity contribution >= 4 is 34.5 Å². The van der Waals surface area contributed by atoms with Gasteiger partial charge in [-0.1, -0.05) is 39.8 Å². The first-order valence-electron chi connectivity index (χ1n) is 6.92. The number of hydrogen-bond acceptors (Lipinski definition) is 2. The van der Waals surface area contributed by atoms with Crippen LogP contribution in [0.2, 0.25) is 0 Å². The molecule has 21 heavy (non-hydrogen) atoms. The van der Waals surface area contributed by atoms with Gasteiger partial charge in [0, 0.05) is 3.57 Å². The Morgan fingerprint density at radius 1 is 0.952 bits per heavy atom. The SMILES string of the molecule is CC(C)C(C(=O)O)c1cccc(I)c1C(C(=O)O)C(C)C. The summed E-state index contributed by atoms with van der Waals surface area (Å²) in [7, 11) is 0. The molecule has 2 N–H and O–H groups in total. The summed E-state index contributed by atoms with van der Waals surface area (Å²) in [6, 6.07) is 5.36. The van der Waals surface area contributed by atoms with Crippen LogP contribution in [-0.2, 0) is 9.59 Å². The minimum atomic E-state index is -0.916. The number of carboxylic acids is 2. The Morgan fingerprint density at radius 2 is 1.43 bits per heavy atom. The van der Waals surface area contributed by atoms with Gasteiger partial charge in [0.2, 0.25) is 0 Å². The highest BCUT2D eigenvalue weighted by atomic mass is 127. The Labute approximate surface area is 138 Å². The monoisotopic (exact) mass is 404 g/mol. The van der Waals surface area contributed by atoms with E-state index < -0.39 is 23.8 Å². The zero-order chi connectivity index (χ0) is 16.3. The van der Waals surface area contributed by atoms with Crippen LogP contribution in [0.5, 0.6) is 0 Å². The highest BCUT2D eigenvalue weighted by Crippen LogP contribution is 2.37. The van der Waals surface area contributed by atoms with Crippen LogP contribution in [0.1, 0.15) is 50.7 Å². The third-order valence-electron chi connectivity index (χ3n) is 3.60. The molecule has 1 aromatic carbocycles. The Hall–Kier alpha value is -1.11. The van der Waals surface area contributed by atoms with Gasteiger partial charge in [0.1, 0.15) is 0 Å². The predicted molar refractivity (Wildman–Crippen MR) is 89.6 cm³/mol. The lowest BCUT2D eigenvalue weighted by atomic mass is 9.79. The molecule has 4 nitrogen and oxygen atoms in total. The fourth-order valence-corrected chi connectivity index (χ4v) is 3.53. The molecule has 0 radical (unpaired) electrons. The van der Waals surface area contributed by atoms with Crippen molar-refractivity contribution in [2.24, 2.45) is 11.8 Å². The van der Waals surface area contributed by atoms with Crippen molar-refractivity contribution in [3.63, 3.8) is 0 Å². The van der Waals surface area contributed by atoms with Crippen LogP contribution in [0.15, 0.2) is 18.2 Å². The maximum absolute atomic E-state index is 11.7. The second-order valence-electron chi connectivity index (χ2n) is 5.86. The van der Waals surface area contributed by atoms with E-state index in [1.54, 1.807) is 12.1 Å². The van der Waals surface area contributed by atoms with Crippen molar-refractivity contribution < 1.29 is 19.8 Å². The highest BCUT2D eigenvalue weighted by molar-refractivity contribution is 14.1. The average Bonchev–Trinajstić information content (AvgIpc) is 2.31. The van der Waals surface area contributed by atoms with E-state index in [1.165, 1.54) is 0 Å². The quantitative estimate of drug-likeness (QED) is 0.705. The first-order valence-corrected chi connectivity index (χ1v) is 8.00. The van der Waals surface area contributed by atoms with Gasteiger partial charge in [-0.05, 0) is 51.6 Å². The normalized spacial score (nSPS) is 14.2. The number of carbonyl (C=O) groups is 2. The maximum atomic E-state index is 11.7. The topological polar surface area (TPSA) is 74.6 Å². The molecule has 0 fully saturated rings. The molecule has 1 rings (SSSR count). The molecule has 5 heteroatoms. The first kappa shape index (κ1) is 17.9. The number of halogens is 1. The van der Waals surface area contributed by atoms with Crippen LogP contribution in [0.25, 0.3) is 0 Å². The lowest BCUT2D eigenvalue weighted by Gasteiger charge is -2.26. The molecule has 0 amide bonds. The Bertz CT molecular complexity index is 537. The van der Waals surface area contributed by atoms with Gasteiger partial charge in [-0.3, -0.25) is 9.59 Å². The zero-order valence-electron chi connectivity index (χ0n) is 12.6. The summed E-state index contributed by atoms with van der Waals surface area (Å²) in [6.45, 7) is 7.37. The van der Waals surface area contributed by atoms with E-state index in [-0.39, 0.29) is 11.8 Å². The van der Waals surface area contributed by atoms with Gasteiger partial charge < -0.3 is 10.2 Å². The Morgan fingerprint density at radius 3 is 1.81 bits per heavy atom. The number of hydrogen-bond donors (Lipinski definition) is 2. The van der Waals surface area contributed by atoms with Crippen LogP contribution < -0.4 is 0 Å². The van der Waals surface area contributed by atoms with Crippen molar-refractivity contribution in [3.05, 3.63) is 32.9 Å². The summed E-state index contributed by atoms with van der Waals surface area (Å²) in [5.74, 6) is -3.45. The van der Waals surface area contributed by atoms with Gasteiger partial charge in [-0.25, -0.2) is 0 Å². The lowest BCUT2D eigenvalue weighted by Crippen LogP contribution is -2.25. The van der Waals surface area contributed by atoms with E-state index in [0.717, 1.165) is 3.57 Å². The van der Waals surface area contributed by atoms with E-state index >= 15 is 0 Å². The fourth-order valence-electron chi connectivity index (χ4n) is 2.67. The Balaban J connectivity index is 3.58. The number of benzene rings is 1. The third-order valence-corrected chi connectivity index (χ3v) is 4.54. The zero-order valence-corrected chi connectivity index (χ0v) is 14.8. The number of carboxylic acid groups (broad SMARTS) is 2. The molecule has 1 aromatic rings. The second-order valence-corrected chi connectivity index (χ2v) is 7.02. The number of aliphatic carboxylic acids is 2. The van der Waals surface area contributed by atoms with Crippen LogP contribution in [-0.4, -0.2) is 22.2 Å². The summed E-state index contributed by atoms with van der Waals surface area (Å²) in [5.41, 5.74) is 1.26. The average molecular weight is 404 g/mol. The van der Waals surface area contributed by atoms with E-state index in [1.807, 2.05) is 33.8 Å². The van der Waals surface area contributed by atoms with Crippen molar-refractivity contribution in [2.75, 3.05) is 0 Å². The minimum Gasteiger partial charge on any atom is -0.481 e. The molecule has 0 heterocycles. The summed E-state index contributed by atoms with van der Waals surface area (Å²) in [4.78, 5) is 23.3. The molecule has 116 valence electrons. The van der Waals surface area contributed by atoms with E-state index in [9.17, 15) is 19.8 Å². The lowest BCUT2D eigenvalue weighted by molar-refractivity contribution is -0.141. The Kier molecular flexibility index (Phi) is 6.19. The van der Waals surface area contributed by atoms with Crippen molar-refractivity contribution in [3.8, 4) is 0 Å². The van der Waals surface area contributed by atoms with Crippen LogP contribution in [0.3, 0.4) is 0 Å². The molecular formula is C16H21IO4. The third kappa shape index (κ3) is 3.96. The smallest absolute Gasteiger partial charge is 0.311 e. The summed E-state index contributed by atoms with van der Waals surface area (Å²) >= 11 is 2.09. The van der Waals surface area contributed by atoms with Gasteiger partial charge in [0.05, 0.1) is 11.8 Å². The largest absolute Gasteiger partial charge is 0.481 e. The molecule has 0 aromatic heterocycles. The second kappa shape index (κ2) is 7.24. The van der Waals surface area contributed by atoms with Crippen LogP contribution >= 0.6 is 22.6 Å². The van der Waals surface area contributed by atoms with E-state index in [4.69, 9.17) is 0 Å². The minimum absolute atomic E-state index is 0.110. The fraction of sp³-hybridized carbons (Fsp3) is 0.500. The maximum Gasteiger partial charge on any atom is 0.311 e. The summed E-state index contributed by atoms with van der Waals surface area (Å²) in [5, 5.41) is 19.1. The molecule has 0 spiro atoms. The molecule has 2 unspecified atom stereocenters. The molecular weight excluding hydrogens is 383 g/mol. The van der Waals surface area contributed by atoms with E-state index in [0.29, 0.717) is 11.1 Å². The molecule has 0 saturated carbocycles. The molecule has 0 aliphatic heterocycles. The summed E-state index contributed by atoms with van der Waals surface area (Å²) < 4.78 is 0.804. The molecule has 0 aliphatic carbocycles. The molecule has 0 aliphatic rings. The molecule has 0 saturated heterocycles. The van der Waals surface area contributed by atoms with Gasteiger partial charge >= 0.3 is 11.9 Å². The van der Waals surface area contributed by atoms with Gasteiger partial charge in [-0.2, -0.15) is 0 Å². The predicted octanol–water partition coefficient (Wildman–Crippen LogP) is 3.94. The van der Waals surface area contributed by atoms with Crippen molar-refractivity contribution in [2.45, 2.75) is 39.5 Å². The standard InChI is InChI=1S/C16H21IO4/c1-8(2)12(15(18)19)10-6-5-7-11(17)14(10)13(9(3)4)16(20)21/h5-9,12-13H,1-4H3,(H,18,19)(H,20,21). The number of rotatable bonds is 6. The van der Waals surface area contributed by atoms with Gasteiger partial charge in [0.15, 0.2) is 0 Å². The van der Waals surface area contributed by atoms with Crippen molar-refractivity contribution in [1.82, 2.24) is 0 Å². The van der Waals surface area contributed by atoms with Gasteiger partial charge in [0.25, 0.3) is 0 Å². The molecule has 0 bridgehead atoms. The van der Waals surface area contributed by atoms with E-state index in [2.05, 4.69) is 22.6 Å². The van der Waals surface area contributed by atoms with Crippen LogP contribution in [0, 0.1) is 15.4 Å². The molecule has 2 atom stereocenters. The van der Waals surface area contributed by atoms with Crippen LogP contribution in [0.4, 0.5) is 0 Å². The first-order chi connectivity index (χ1) is 9.68. The van der Waals surface area contributed by atoms with Crippen molar-refractivity contribution in [1.29, 1.82) is 0 Å².